The number of aliphatic imine (C=N–C) groups is 1. The van der Waals surface area contributed by atoms with E-state index in [1.807, 2.05) is 19.2 Å². The standard InChI is InChI=1S/C14H16N4O/c1-3-5-7-15-11(4-2)13-12-10(6-8-16-13)14(19)18-9-17-12/h4,6-9H,3,5H2,1-2H3,(H,17,18,19)/b11-4-,15-7?. The van der Waals surface area contributed by atoms with Gasteiger partial charge in [0.15, 0.2) is 0 Å². The van der Waals surface area contributed by atoms with Gasteiger partial charge in [-0.25, -0.2) is 4.98 Å². The summed E-state index contributed by atoms with van der Waals surface area (Å²) in [5.74, 6) is 0. The number of fused-ring (bicyclic) bond motifs is 1. The maximum absolute atomic E-state index is 11.7. The minimum absolute atomic E-state index is 0.165. The van der Waals surface area contributed by atoms with E-state index in [9.17, 15) is 4.79 Å². The van der Waals surface area contributed by atoms with Crippen LogP contribution in [0.1, 0.15) is 32.4 Å². The summed E-state index contributed by atoms with van der Waals surface area (Å²) in [7, 11) is 0. The van der Waals surface area contributed by atoms with Crippen molar-refractivity contribution >= 4 is 22.8 Å². The van der Waals surface area contributed by atoms with Gasteiger partial charge in [0.05, 0.1) is 17.4 Å². The molecule has 2 rings (SSSR count). The zero-order valence-corrected chi connectivity index (χ0v) is 11.1. The number of hydrogen-bond acceptors (Lipinski definition) is 4. The van der Waals surface area contributed by atoms with Crippen molar-refractivity contribution < 1.29 is 0 Å². The lowest BCUT2D eigenvalue weighted by Gasteiger charge is -2.04. The van der Waals surface area contributed by atoms with Crippen LogP contribution in [-0.2, 0) is 0 Å². The molecule has 0 bridgehead atoms. The molecule has 5 nitrogen and oxygen atoms in total. The summed E-state index contributed by atoms with van der Waals surface area (Å²) in [4.78, 5) is 27.2. The Morgan fingerprint density at radius 3 is 3.05 bits per heavy atom. The molecule has 2 heterocycles. The molecule has 5 heteroatoms. The lowest BCUT2D eigenvalue weighted by atomic mass is 10.2. The number of pyridine rings is 1. The topological polar surface area (TPSA) is 71.0 Å². The highest BCUT2D eigenvalue weighted by atomic mass is 16.1. The number of unbranched alkanes of at least 4 members (excludes halogenated alkanes) is 1. The molecular formula is C14H16N4O. The van der Waals surface area contributed by atoms with Gasteiger partial charge in [-0.15, -0.1) is 0 Å². The summed E-state index contributed by atoms with van der Waals surface area (Å²) in [6.07, 6.45) is 8.68. The molecule has 0 spiro atoms. The second kappa shape index (κ2) is 6.04. The molecule has 0 fully saturated rings. The van der Waals surface area contributed by atoms with E-state index in [1.165, 1.54) is 6.33 Å². The second-order valence-corrected chi connectivity index (χ2v) is 4.06. The maximum Gasteiger partial charge on any atom is 0.258 e. The Morgan fingerprint density at radius 1 is 1.47 bits per heavy atom. The van der Waals surface area contributed by atoms with Gasteiger partial charge in [-0.2, -0.15) is 0 Å². The van der Waals surface area contributed by atoms with Crippen LogP contribution in [0.25, 0.3) is 16.6 Å². The molecule has 2 aromatic rings. The van der Waals surface area contributed by atoms with E-state index in [4.69, 9.17) is 0 Å². The van der Waals surface area contributed by atoms with Gasteiger partial charge >= 0.3 is 0 Å². The van der Waals surface area contributed by atoms with Gasteiger partial charge in [-0.1, -0.05) is 19.4 Å². The fourth-order valence-corrected chi connectivity index (χ4v) is 1.75. The van der Waals surface area contributed by atoms with Crippen molar-refractivity contribution in [3.8, 4) is 0 Å². The molecule has 0 unspecified atom stereocenters. The average molecular weight is 256 g/mol. The van der Waals surface area contributed by atoms with E-state index in [0.29, 0.717) is 16.6 Å². The first-order chi connectivity index (χ1) is 9.27. The summed E-state index contributed by atoms with van der Waals surface area (Å²) >= 11 is 0. The number of H-pyrrole nitrogens is 1. The van der Waals surface area contributed by atoms with E-state index < -0.39 is 0 Å². The van der Waals surface area contributed by atoms with E-state index in [-0.39, 0.29) is 5.56 Å². The fraction of sp³-hybridized carbons (Fsp3) is 0.286. The molecule has 0 radical (unpaired) electrons. The molecule has 0 atom stereocenters. The monoisotopic (exact) mass is 256 g/mol. The molecule has 0 aromatic carbocycles. The minimum atomic E-state index is -0.165. The van der Waals surface area contributed by atoms with E-state index in [0.717, 1.165) is 18.5 Å². The van der Waals surface area contributed by atoms with E-state index in [1.54, 1.807) is 12.3 Å². The normalized spacial score (nSPS) is 12.4. The van der Waals surface area contributed by atoms with Crippen molar-refractivity contribution in [2.75, 3.05) is 0 Å². The van der Waals surface area contributed by atoms with E-state index >= 15 is 0 Å². The van der Waals surface area contributed by atoms with Gasteiger partial charge < -0.3 is 4.98 Å². The molecule has 0 aliphatic rings. The van der Waals surface area contributed by atoms with Crippen molar-refractivity contribution in [3.63, 3.8) is 0 Å². The average Bonchev–Trinajstić information content (AvgIpc) is 2.44. The third-order valence-corrected chi connectivity index (χ3v) is 2.72. The van der Waals surface area contributed by atoms with Gasteiger partial charge in [0.2, 0.25) is 0 Å². The van der Waals surface area contributed by atoms with Crippen LogP contribution in [0.2, 0.25) is 0 Å². The van der Waals surface area contributed by atoms with Crippen LogP contribution in [0, 0.1) is 0 Å². The highest BCUT2D eigenvalue weighted by molar-refractivity contribution is 5.89. The predicted octanol–water partition coefficient (Wildman–Crippen LogP) is 2.55. The molecule has 1 N–H and O–H groups in total. The Balaban J connectivity index is 2.56. The fourth-order valence-electron chi connectivity index (χ4n) is 1.75. The van der Waals surface area contributed by atoms with Crippen molar-refractivity contribution in [3.05, 3.63) is 40.7 Å². The van der Waals surface area contributed by atoms with E-state index in [2.05, 4.69) is 26.9 Å². The smallest absolute Gasteiger partial charge is 0.258 e. The van der Waals surface area contributed by atoms with Crippen molar-refractivity contribution in [2.24, 2.45) is 4.99 Å². The lowest BCUT2D eigenvalue weighted by Crippen LogP contribution is -2.08. The minimum Gasteiger partial charge on any atom is -0.313 e. The van der Waals surface area contributed by atoms with Crippen molar-refractivity contribution in [1.82, 2.24) is 15.0 Å². The quantitative estimate of drug-likeness (QED) is 0.854. The molecule has 0 saturated carbocycles. The van der Waals surface area contributed by atoms with Crippen LogP contribution in [0.15, 0.2) is 34.5 Å². The third-order valence-electron chi connectivity index (χ3n) is 2.72. The third kappa shape index (κ3) is 2.76. The van der Waals surface area contributed by atoms with Crippen LogP contribution in [0.3, 0.4) is 0 Å². The van der Waals surface area contributed by atoms with Crippen molar-refractivity contribution in [2.45, 2.75) is 26.7 Å². The van der Waals surface area contributed by atoms with Gasteiger partial charge in [-0.05, 0) is 19.4 Å². The Kier molecular flexibility index (Phi) is 4.18. The zero-order valence-electron chi connectivity index (χ0n) is 11.1. The second-order valence-electron chi connectivity index (χ2n) is 4.06. The summed E-state index contributed by atoms with van der Waals surface area (Å²) in [5, 5.41) is 0.526. The van der Waals surface area contributed by atoms with Crippen LogP contribution < -0.4 is 5.56 Å². The van der Waals surface area contributed by atoms with Gasteiger partial charge in [0, 0.05) is 12.4 Å². The summed E-state index contributed by atoms with van der Waals surface area (Å²) in [5.41, 5.74) is 1.78. The molecule has 0 aliphatic carbocycles. The highest BCUT2D eigenvalue weighted by Crippen LogP contribution is 2.19. The first kappa shape index (κ1) is 13.1. The number of rotatable bonds is 4. The Bertz CT molecular complexity index is 685. The number of aromatic amines is 1. The summed E-state index contributed by atoms with van der Waals surface area (Å²) < 4.78 is 0. The van der Waals surface area contributed by atoms with Crippen molar-refractivity contribution in [1.29, 1.82) is 0 Å². The molecule has 0 amide bonds. The SMILES string of the molecule is C/C=C(\N=CCCC)c1nccc2c(=O)[nH]cnc12. The largest absolute Gasteiger partial charge is 0.313 e. The number of nitrogens with one attached hydrogen (secondary N) is 1. The molecule has 2 aromatic heterocycles. The highest BCUT2D eigenvalue weighted by Gasteiger charge is 2.09. The molecule has 0 aliphatic heterocycles. The van der Waals surface area contributed by atoms with Crippen LogP contribution in [0.4, 0.5) is 0 Å². The Labute approximate surface area is 111 Å². The summed E-state index contributed by atoms with van der Waals surface area (Å²) in [6, 6.07) is 1.66. The van der Waals surface area contributed by atoms with Gasteiger partial charge in [-0.3, -0.25) is 14.8 Å². The number of hydrogen-bond donors (Lipinski definition) is 1. The molecule has 19 heavy (non-hydrogen) atoms. The molecule has 98 valence electrons. The maximum atomic E-state index is 11.7. The number of aromatic nitrogens is 3. The molecular weight excluding hydrogens is 240 g/mol. The summed E-state index contributed by atoms with van der Waals surface area (Å²) in [6.45, 7) is 3.99. The van der Waals surface area contributed by atoms with Gasteiger partial charge in [0.25, 0.3) is 5.56 Å². The first-order valence-corrected chi connectivity index (χ1v) is 6.29. The zero-order chi connectivity index (χ0) is 13.7. The Morgan fingerprint density at radius 2 is 2.32 bits per heavy atom. The van der Waals surface area contributed by atoms with Crippen LogP contribution in [-0.4, -0.2) is 21.2 Å². The number of allylic oxidation sites excluding steroid dienone is 1. The molecule has 0 saturated heterocycles. The van der Waals surface area contributed by atoms with Gasteiger partial charge in [0.1, 0.15) is 11.2 Å². The van der Waals surface area contributed by atoms with Crippen LogP contribution in [0.5, 0.6) is 0 Å². The lowest BCUT2D eigenvalue weighted by molar-refractivity contribution is 1.01. The van der Waals surface area contributed by atoms with Crippen LogP contribution >= 0.6 is 0 Å². The Hall–Kier alpha value is -2.30. The first-order valence-electron chi connectivity index (χ1n) is 6.29. The predicted molar refractivity (Wildman–Crippen MR) is 77.2 cm³/mol. The number of nitrogens with zero attached hydrogens (tertiary/aromatic N) is 3.